The summed E-state index contributed by atoms with van der Waals surface area (Å²) in [6.45, 7) is 0. The smallest absolute Gasteiger partial charge is 0.337 e. The summed E-state index contributed by atoms with van der Waals surface area (Å²) in [5, 5.41) is 8.06. The number of rotatable bonds is 3. The summed E-state index contributed by atoms with van der Waals surface area (Å²) in [7, 11) is 1.27. The van der Waals surface area contributed by atoms with Gasteiger partial charge in [-0.1, -0.05) is 23.5 Å². The summed E-state index contributed by atoms with van der Waals surface area (Å²) in [4.78, 5) is 39.7. The number of benzene rings is 2. The van der Waals surface area contributed by atoms with Crippen molar-refractivity contribution in [2.45, 2.75) is 6.04 Å². The fourth-order valence-corrected chi connectivity index (χ4v) is 4.23. The van der Waals surface area contributed by atoms with Crippen molar-refractivity contribution in [2.24, 2.45) is 0 Å². The van der Waals surface area contributed by atoms with Crippen molar-refractivity contribution in [1.29, 1.82) is 0 Å². The van der Waals surface area contributed by atoms with E-state index in [1.165, 1.54) is 35.7 Å². The third-order valence-corrected chi connectivity index (χ3v) is 5.72. The normalized spacial score (nSPS) is 15.4. The van der Waals surface area contributed by atoms with Crippen molar-refractivity contribution in [3.8, 4) is 0 Å². The Morgan fingerprint density at radius 3 is 2.65 bits per heavy atom. The minimum atomic E-state index is -0.883. The average Bonchev–Trinajstić information content (AvgIpc) is 3.40. The van der Waals surface area contributed by atoms with Crippen LogP contribution in [0.25, 0.3) is 11.0 Å². The topological polar surface area (TPSA) is 103 Å². The number of nitrogens with zero attached hydrogens (tertiary/aromatic N) is 3. The molecule has 1 aliphatic rings. The predicted octanol–water partition coefficient (Wildman–Crippen LogP) is 3.32. The van der Waals surface area contributed by atoms with Crippen molar-refractivity contribution in [3.05, 3.63) is 86.5 Å². The van der Waals surface area contributed by atoms with Gasteiger partial charge < -0.3 is 9.15 Å². The van der Waals surface area contributed by atoms with Crippen LogP contribution in [0.4, 0.5) is 9.52 Å². The van der Waals surface area contributed by atoms with Crippen molar-refractivity contribution in [1.82, 2.24) is 10.2 Å². The molecule has 0 saturated heterocycles. The highest BCUT2D eigenvalue weighted by Gasteiger charge is 2.45. The van der Waals surface area contributed by atoms with Crippen molar-refractivity contribution in [3.63, 3.8) is 0 Å². The van der Waals surface area contributed by atoms with Crippen molar-refractivity contribution in [2.75, 3.05) is 12.0 Å². The first-order chi connectivity index (χ1) is 15.0. The van der Waals surface area contributed by atoms with Crippen LogP contribution in [0.3, 0.4) is 0 Å². The maximum Gasteiger partial charge on any atom is 0.337 e. The summed E-state index contributed by atoms with van der Waals surface area (Å²) in [5.74, 6) is -1.81. The second-order valence-corrected chi connectivity index (χ2v) is 7.54. The van der Waals surface area contributed by atoms with Gasteiger partial charge in [-0.2, -0.15) is 0 Å². The molecule has 31 heavy (non-hydrogen) atoms. The van der Waals surface area contributed by atoms with E-state index >= 15 is 0 Å². The van der Waals surface area contributed by atoms with E-state index in [0.29, 0.717) is 11.1 Å². The van der Waals surface area contributed by atoms with Crippen LogP contribution in [0.1, 0.15) is 38.1 Å². The molecule has 3 heterocycles. The number of ether oxygens (including phenoxy) is 1. The molecule has 1 atom stereocenters. The Kier molecular flexibility index (Phi) is 4.36. The summed E-state index contributed by atoms with van der Waals surface area (Å²) < 4.78 is 24.2. The van der Waals surface area contributed by atoms with Gasteiger partial charge >= 0.3 is 5.97 Å². The lowest BCUT2D eigenvalue weighted by molar-refractivity contribution is 0.0600. The Balaban J connectivity index is 1.76. The Hall–Kier alpha value is -3.92. The molecule has 4 aromatic rings. The number of amides is 1. The molecule has 0 aliphatic carbocycles. The van der Waals surface area contributed by atoms with E-state index in [4.69, 9.17) is 9.15 Å². The molecule has 0 spiro atoms. The summed E-state index contributed by atoms with van der Waals surface area (Å²) in [6, 6.07) is 8.96. The average molecular weight is 437 g/mol. The van der Waals surface area contributed by atoms with Gasteiger partial charge in [-0.15, -0.1) is 10.2 Å². The first-order valence-corrected chi connectivity index (χ1v) is 9.92. The molecule has 0 bridgehead atoms. The molecular weight excluding hydrogens is 425 g/mol. The lowest BCUT2D eigenvalue weighted by atomic mass is 9.97. The number of esters is 1. The minimum Gasteiger partial charge on any atom is -0.465 e. The van der Waals surface area contributed by atoms with Crippen LogP contribution in [0.5, 0.6) is 0 Å². The van der Waals surface area contributed by atoms with E-state index in [9.17, 15) is 18.8 Å². The maximum atomic E-state index is 13.8. The number of fused-ring (bicyclic) bond motifs is 2. The van der Waals surface area contributed by atoms with Crippen LogP contribution in [0.15, 0.2) is 57.2 Å². The van der Waals surface area contributed by atoms with E-state index in [-0.39, 0.29) is 27.4 Å². The summed E-state index contributed by atoms with van der Waals surface area (Å²) in [6.07, 6.45) is 0. The fourth-order valence-electron chi connectivity index (χ4n) is 3.65. The Bertz CT molecular complexity index is 1400. The molecule has 2 aromatic heterocycles. The zero-order chi connectivity index (χ0) is 21.7. The Labute approximate surface area is 177 Å². The van der Waals surface area contributed by atoms with Crippen molar-refractivity contribution >= 4 is 39.3 Å². The number of carbonyl (C=O) groups excluding carboxylic acids is 2. The lowest BCUT2D eigenvalue weighted by Gasteiger charge is -2.22. The molecule has 0 N–H and O–H groups in total. The molecule has 154 valence electrons. The molecule has 0 fully saturated rings. The quantitative estimate of drug-likeness (QED) is 0.453. The van der Waals surface area contributed by atoms with E-state index in [2.05, 4.69) is 10.2 Å². The van der Waals surface area contributed by atoms with Crippen LogP contribution >= 0.6 is 11.3 Å². The molecule has 5 rings (SSSR count). The van der Waals surface area contributed by atoms with E-state index < -0.39 is 29.2 Å². The van der Waals surface area contributed by atoms with Gasteiger partial charge in [0.2, 0.25) is 10.9 Å². The first kappa shape index (κ1) is 19.1. The number of hydrogen-bond acceptors (Lipinski definition) is 8. The number of halogens is 1. The van der Waals surface area contributed by atoms with Gasteiger partial charge in [0.1, 0.15) is 16.9 Å². The van der Waals surface area contributed by atoms with Gasteiger partial charge in [0.25, 0.3) is 5.91 Å². The third-order valence-electron chi connectivity index (χ3n) is 5.03. The summed E-state index contributed by atoms with van der Waals surface area (Å²) >= 11 is 1.12. The zero-order valence-electron chi connectivity index (χ0n) is 15.9. The zero-order valence-corrected chi connectivity index (χ0v) is 16.7. The van der Waals surface area contributed by atoms with Gasteiger partial charge in [-0.25, -0.2) is 9.18 Å². The van der Waals surface area contributed by atoms with Crippen LogP contribution in [0, 0.1) is 5.82 Å². The van der Waals surface area contributed by atoms with Crippen LogP contribution < -0.4 is 10.3 Å². The third kappa shape index (κ3) is 2.91. The van der Waals surface area contributed by atoms with Crippen molar-refractivity contribution < 1.29 is 23.1 Å². The van der Waals surface area contributed by atoms with Crippen LogP contribution in [-0.4, -0.2) is 29.2 Å². The van der Waals surface area contributed by atoms with Gasteiger partial charge in [0.15, 0.2) is 5.43 Å². The standard InChI is InChI=1S/C21H12FN3O5S/c1-29-20(28)11-4-2-10(3-5-11)16-15-17(26)13-8-12(22)6-7-14(13)30-18(15)19(27)25(16)21-24-23-9-31-21/h2-9,16H,1H3. The molecule has 0 radical (unpaired) electrons. The second-order valence-electron chi connectivity index (χ2n) is 6.73. The first-order valence-electron chi connectivity index (χ1n) is 9.04. The molecular formula is C21H12FN3O5S. The van der Waals surface area contributed by atoms with Crippen LogP contribution in [-0.2, 0) is 4.74 Å². The van der Waals surface area contributed by atoms with Gasteiger partial charge in [-0.3, -0.25) is 14.5 Å². The predicted molar refractivity (Wildman–Crippen MR) is 109 cm³/mol. The molecule has 2 aromatic carbocycles. The monoisotopic (exact) mass is 437 g/mol. The van der Waals surface area contributed by atoms with Gasteiger partial charge in [0.05, 0.1) is 29.7 Å². The maximum absolute atomic E-state index is 13.8. The van der Waals surface area contributed by atoms with Gasteiger partial charge in [0, 0.05) is 0 Å². The SMILES string of the molecule is COC(=O)c1ccc(C2c3c(oc4ccc(F)cc4c3=O)C(=O)N2c2nncs2)cc1. The molecule has 10 heteroatoms. The van der Waals surface area contributed by atoms with E-state index in [1.807, 2.05) is 0 Å². The number of anilines is 1. The van der Waals surface area contributed by atoms with Crippen LogP contribution in [0.2, 0.25) is 0 Å². The highest BCUT2D eigenvalue weighted by atomic mass is 32.1. The Morgan fingerprint density at radius 2 is 1.97 bits per heavy atom. The number of carbonyl (C=O) groups is 2. The largest absolute Gasteiger partial charge is 0.465 e. The molecule has 1 amide bonds. The van der Waals surface area contributed by atoms with Gasteiger partial charge in [-0.05, 0) is 35.9 Å². The molecule has 8 nitrogen and oxygen atoms in total. The highest BCUT2D eigenvalue weighted by molar-refractivity contribution is 7.13. The molecule has 0 saturated carbocycles. The van der Waals surface area contributed by atoms with E-state index in [1.54, 1.807) is 12.1 Å². The highest BCUT2D eigenvalue weighted by Crippen LogP contribution is 2.41. The molecule has 1 aliphatic heterocycles. The number of aromatic nitrogens is 2. The number of hydrogen-bond donors (Lipinski definition) is 0. The second kappa shape index (κ2) is 7.10. The van der Waals surface area contributed by atoms with E-state index in [0.717, 1.165) is 23.5 Å². The fraction of sp³-hybridized carbons (Fsp3) is 0.0952. The lowest BCUT2D eigenvalue weighted by Crippen LogP contribution is -2.29. The Morgan fingerprint density at radius 1 is 1.19 bits per heavy atom. The number of methoxy groups -OCH3 is 1. The minimum absolute atomic E-state index is 0.0295. The molecule has 1 unspecified atom stereocenters. The summed E-state index contributed by atoms with van der Waals surface area (Å²) in [5.41, 5.74) is 1.98.